The SMILES string of the molecule is O=C(O)CCCC(=O)N1CCN(Cc2cccs2)CC1. The second kappa shape index (κ2) is 7.40. The van der Waals surface area contributed by atoms with E-state index in [1.165, 1.54) is 4.88 Å². The van der Waals surface area contributed by atoms with Gasteiger partial charge in [0.05, 0.1) is 0 Å². The second-order valence-electron chi connectivity index (χ2n) is 4.98. The van der Waals surface area contributed by atoms with Crippen LogP contribution in [0.2, 0.25) is 0 Å². The first-order valence-electron chi connectivity index (χ1n) is 6.89. The lowest BCUT2D eigenvalue weighted by Crippen LogP contribution is -2.48. The Morgan fingerprint density at radius 1 is 1.20 bits per heavy atom. The number of carbonyl (C=O) groups is 2. The molecule has 1 saturated heterocycles. The normalized spacial score (nSPS) is 16.3. The van der Waals surface area contributed by atoms with Crippen molar-refractivity contribution < 1.29 is 14.7 Å². The highest BCUT2D eigenvalue weighted by Gasteiger charge is 2.20. The van der Waals surface area contributed by atoms with Crippen molar-refractivity contribution in [1.29, 1.82) is 0 Å². The van der Waals surface area contributed by atoms with Crippen LogP contribution in [-0.2, 0) is 16.1 Å². The Morgan fingerprint density at radius 3 is 2.55 bits per heavy atom. The Labute approximate surface area is 122 Å². The number of carboxylic acids is 1. The molecule has 1 aromatic heterocycles. The number of hydrogen-bond acceptors (Lipinski definition) is 4. The molecule has 20 heavy (non-hydrogen) atoms. The number of nitrogens with zero attached hydrogens (tertiary/aromatic N) is 2. The summed E-state index contributed by atoms with van der Waals surface area (Å²) < 4.78 is 0. The molecule has 1 aromatic rings. The summed E-state index contributed by atoms with van der Waals surface area (Å²) in [7, 11) is 0. The molecule has 2 heterocycles. The van der Waals surface area contributed by atoms with Crippen LogP contribution in [0.5, 0.6) is 0 Å². The standard InChI is InChI=1S/C14H20N2O3S/c17-13(4-1-5-14(18)19)16-8-6-15(7-9-16)11-12-3-2-10-20-12/h2-3,10H,1,4-9,11H2,(H,18,19). The molecule has 2 rings (SSSR count). The third-order valence-electron chi connectivity index (χ3n) is 3.47. The van der Waals surface area contributed by atoms with Crippen LogP contribution >= 0.6 is 11.3 Å². The summed E-state index contributed by atoms with van der Waals surface area (Å²) in [5.41, 5.74) is 0. The van der Waals surface area contributed by atoms with Crippen molar-refractivity contribution in [3.63, 3.8) is 0 Å². The maximum atomic E-state index is 11.9. The van der Waals surface area contributed by atoms with E-state index in [9.17, 15) is 9.59 Å². The molecule has 0 atom stereocenters. The highest BCUT2D eigenvalue weighted by Crippen LogP contribution is 2.14. The molecule has 6 heteroatoms. The van der Waals surface area contributed by atoms with Crippen LogP contribution in [0.3, 0.4) is 0 Å². The maximum absolute atomic E-state index is 11.9. The van der Waals surface area contributed by atoms with Crippen LogP contribution < -0.4 is 0 Å². The molecular weight excluding hydrogens is 276 g/mol. The van der Waals surface area contributed by atoms with Crippen LogP contribution in [0, 0.1) is 0 Å². The number of rotatable bonds is 6. The van der Waals surface area contributed by atoms with Crippen molar-refractivity contribution in [2.45, 2.75) is 25.8 Å². The van der Waals surface area contributed by atoms with E-state index >= 15 is 0 Å². The van der Waals surface area contributed by atoms with Gasteiger partial charge in [0, 0.05) is 50.4 Å². The highest BCUT2D eigenvalue weighted by atomic mass is 32.1. The minimum atomic E-state index is -0.835. The number of piperazine rings is 1. The molecule has 0 saturated carbocycles. The van der Waals surface area contributed by atoms with E-state index in [4.69, 9.17) is 5.11 Å². The minimum Gasteiger partial charge on any atom is -0.481 e. The zero-order valence-electron chi connectivity index (χ0n) is 11.5. The molecule has 0 bridgehead atoms. The largest absolute Gasteiger partial charge is 0.481 e. The highest BCUT2D eigenvalue weighted by molar-refractivity contribution is 7.09. The number of aliphatic carboxylic acids is 1. The summed E-state index contributed by atoms with van der Waals surface area (Å²) in [6.45, 7) is 4.23. The maximum Gasteiger partial charge on any atom is 0.303 e. The van der Waals surface area contributed by atoms with Gasteiger partial charge in [0.2, 0.25) is 5.91 Å². The van der Waals surface area contributed by atoms with Gasteiger partial charge in [-0.3, -0.25) is 14.5 Å². The summed E-state index contributed by atoms with van der Waals surface area (Å²) in [6.07, 6.45) is 0.852. The quantitative estimate of drug-likeness (QED) is 0.867. The second-order valence-corrected chi connectivity index (χ2v) is 6.02. The fraction of sp³-hybridized carbons (Fsp3) is 0.571. The molecule has 1 aliphatic heterocycles. The van der Waals surface area contributed by atoms with Gasteiger partial charge in [0.15, 0.2) is 0 Å². The zero-order valence-corrected chi connectivity index (χ0v) is 12.3. The molecule has 0 radical (unpaired) electrons. The van der Waals surface area contributed by atoms with Gasteiger partial charge in [0.1, 0.15) is 0 Å². The van der Waals surface area contributed by atoms with Gasteiger partial charge in [-0.1, -0.05) is 6.07 Å². The Kier molecular flexibility index (Phi) is 5.55. The topological polar surface area (TPSA) is 60.9 Å². The summed E-state index contributed by atoms with van der Waals surface area (Å²) in [5.74, 6) is -0.749. The van der Waals surface area contributed by atoms with E-state index < -0.39 is 5.97 Å². The van der Waals surface area contributed by atoms with Gasteiger partial charge in [-0.15, -0.1) is 11.3 Å². The lowest BCUT2D eigenvalue weighted by Gasteiger charge is -2.34. The minimum absolute atomic E-state index is 0.0735. The van der Waals surface area contributed by atoms with Gasteiger partial charge >= 0.3 is 5.97 Å². The first kappa shape index (κ1) is 15.0. The van der Waals surface area contributed by atoms with E-state index in [0.717, 1.165) is 32.7 Å². The van der Waals surface area contributed by atoms with Crippen LogP contribution in [0.1, 0.15) is 24.1 Å². The molecule has 0 aromatic carbocycles. The third kappa shape index (κ3) is 4.61. The average Bonchev–Trinajstić information content (AvgIpc) is 2.92. The van der Waals surface area contributed by atoms with Crippen molar-refractivity contribution >= 4 is 23.2 Å². The predicted molar refractivity (Wildman–Crippen MR) is 77.7 cm³/mol. The van der Waals surface area contributed by atoms with Gasteiger partial charge in [-0.25, -0.2) is 0 Å². The van der Waals surface area contributed by atoms with Crippen molar-refractivity contribution in [3.05, 3.63) is 22.4 Å². The van der Waals surface area contributed by atoms with E-state index in [1.807, 2.05) is 4.90 Å². The number of carbonyl (C=O) groups excluding carboxylic acids is 1. The number of hydrogen-bond donors (Lipinski definition) is 1. The fourth-order valence-corrected chi connectivity index (χ4v) is 3.07. The lowest BCUT2D eigenvalue weighted by molar-refractivity contribution is -0.137. The van der Waals surface area contributed by atoms with Crippen molar-refractivity contribution in [2.75, 3.05) is 26.2 Å². The Balaban J connectivity index is 1.68. The number of carboxylic acid groups (broad SMARTS) is 1. The summed E-state index contributed by atoms with van der Waals surface area (Å²) in [4.78, 5) is 27.9. The first-order chi connectivity index (χ1) is 9.65. The number of amides is 1. The molecular formula is C14H20N2O3S. The Bertz CT molecular complexity index is 439. The van der Waals surface area contributed by atoms with Crippen molar-refractivity contribution in [3.8, 4) is 0 Å². The molecule has 0 unspecified atom stereocenters. The molecule has 1 aliphatic rings. The molecule has 0 spiro atoms. The lowest BCUT2D eigenvalue weighted by atomic mass is 10.2. The molecule has 1 fully saturated rings. The molecule has 110 valence electrons. The van der Waals surface area contributed by atoms with Crippen LogP contribution in [0.25, 0.3) is 0 Å². The molecule has 1 amide bonds. The first-order valence-corrected chi connectivity index (χ1v) is 7.77. The summed E-state index contributed by atoms with van der Waals surface area (Å²) in [6, 6.07) is 4.19. The van der Waals surface area contributed by atoms with Crippen molar-refractivity contribution in [2.24, 2.45) is 0 Å². The van der Waals surface area contributed by atoms with Crippen LogP contribution in [0.4, 0.5) is 0 Å². The zero-order chi connectivity index (χ0) is 14.4. The Morgan fingerprint density at radius 2 is 1.95 bits per heavy atom. The smallest absolute Gasteiger partial charge is 0.303 e. The predicted octanol–water partition coefficient (Wildman–Crippen LogP) is 1.65. The van der Waals surface area contributed by atoms with Gasteiger partial charge in [-0.05, 0) is 17.9 Å². The van der Waals surface area contributed by atoms with Gasteiger partial charge < -0.3 is 10.0 Å². The van der Waals surface area contributed by atoms with E-state index in [0.29, 0.717) is 12.8 Å². The monoisotopic (exact) mass is 296 g/mol. The molecule has 0 aliphatic carbocycles. The molecule has 1 N–H and O–H groups in total. The van der Waals surface area contributed by atoms with Gasteiger partial charge in [0.25, 0.3) is 0 Å². The fourth-order valence-electron chi connectivity index (χ4n) is 2.33. The van der Waals surface area contributed by atoms with Crippen LogP contribution in [-0.4, -0.2) is 53.0 Å². The Hall–Kier alpha value is -1.40. The van der Waals surface area contributed by atoms with Crippen LogP contribution in [0.15, 0.2) is 17.5 Å². The summed E-state index contributed by atoms with van der Waals surface area (Å²) in [5, 5.41) is 10.6. The molecule has 5 nitrogen and oxygen atoms in total. The van der Waals surface area contributed by atoms with E-state index in [2.05, 4.69) is 22.4 Å². The number of thiophene rings is 1. The van der Waals surface area contributed by atoms with Crippen molar-refractivity contribution in [1.82, 2.24) is 9.80 Å². The van der Waals surface area contributed by atoms with E-state index in [-0.39, 0.29) is 12.3 Å². The van der Waals surface area contributed by atoms with E-state index in [1.54, 1.807) is 11.3 Å². The summed E-state index contributed by atoms with van der Waals surface area (Å²) >= 11 is 1.76. The average molecular weight is 296 g/mol. The van der Waals surface area contributed by atoms with Gasteiger partial charge in [-0.2, -0.15) is 0 Å². The third-order valence-corrected chi connectivity index (χ3v) is 4.33.